The smallest absolute Gasteiger partial charge is 0.201 e. The highest BCUT2D eigenvalue weighted by Crippen LogP contribution is 2.33. The predicted molar refractivity (Wildman–Crippen MR) is 57.0 cm³/mol. The minimum atomic E-state index is -2.90. The van der Waals surface area contributed by atoms with E-state index >= 15 is 0 Å². The first-order valence-electron chi connectivity index (χ1n) is 4.49. The SMILES string of the molecule is CSc1ccc(C(F)(F)CCC#N)cc1. The number of alkyl halides is 2. The Labute approximate surface area is 92.1 Å². The molecule has 1 nitrogen and oxygen atoms in total. The van der Waals surface area contributed by atoms with E-state index in [1.807, 2.05) is 6.26 Å². The summed E-state index contributed by atoms with van der Waals surface area (Å²) in [5, 5.41) is 8.27. The second-order valence-corrected chi connectivity index (χ2v) is 3.97. The lowest BCUT2D eigenvalue weighted by Gasteiger charge is -2.15. The zero-order valence-corrected chi connectivity index (χ0v) is 9.15. The van der Waals surface area contributed by atoms with Gasteiger partial charge in [-0.1, -0.05) is 12.1 Å². The molecule has 0 saturated carbocycles. The first kappa shape index (κ1) is 12.0. The number of hydrogen-bond acceptors (Lipinski definition) is 2. The van der Waals surface area contributed by atoms with Crippen molar-refractivity contribution >= 4 is 11.8 Å². The summed E-state index contributed by atoms with van der Waals surface area (Å²) in [5.41, 5.74) is -0.0180. The van der Waals surface area contributed by atoms with Gasteiger partial charge in [-0.05, 0) is 18.4 Å². The highest BCUT2D eigenvalue weighted by Gasteiger charge is 2.30. The Bertz CT molecular complexity index is 354. The van der Waals surface area contributed by atoms with Gasteiger partial charge in [-0.2, -0.15) is 5.26 Å². The average Bonchev–Trinajstić information content (AvgIpc) is 2.26. The van der Waals surface area contributed by atoms with Crippen LogP contribution in [0.2, 0.25) is 0 Å². The number of benzene rings is 1. The topological polar surface area (TPSA) is 23.8 Å². The van der Waals surface area contributed by atoms with Crippen molar-refractivity contribution in [3.8, 4) is 6.07 Å². The molecule has 0 aromatic heterocycles. The van der Waals surface area contributed by atoms with E-state index < -0.39 is 12.3 Å². The lowest BCUT2D eigenvalue weighted by atomic mass is 10.0. The molecule has 0 N–H and O–H groups in total. The molecular formula is C11H11F2NS. The van der Waals surface area contributed by atoms with Crippen LogP contribution in [0.25, 0.3) is 0 Å². The molecule has 0 unspecified atom stereocenters. The summed E-state index contributed by atoms with van der Waals surface area (Å²) in [4.78, 5) is 0.954. The van der Waals surface area contributed by atoms with E-state index in [0.717, 1.165) is 4.90 Å². The maximum absolute atomic E-state index is 13.4. The molecule has 15 heavy (non-hydrogen) atoms. The third-order valence-corrected chi connectivity index (χ3v) is 2.81. The Morgan fingerprint density at radius 3 is 2.40 bits per heavy atom. The normalized spacial score (nSPS) is 11.1. The van der Waals surface area contributed by atoms with Crippen molar-refractivity contribution in [2.75, 3.05) is 6.26 Å². The molecule has 0 spiro atoms. The highest BCUT2D eigenvalue weighted by molar-refractivity contribution is 7.98. The second-order valence-electron chi connectivity index (χ2n) is 3.09. The Balaban J connectivity index is 2.81. The van der Waals surface area contributed by atoms with E-state index in [4.69, 9.17) is 5.26 Å². The molecule has 0 heterocycles. The fourth-order valence-corrected chi connectivity index (χ4v) is 1.60. The fourth-order valence-electron chi connectivity index (χ4n) is 1.19. The van der Waals surface area contributed by atoms with Crippen LogP contribution in [0, 0.1) is 11.3 Å². The number of thioether (sulfide) groups is 1. The lowest BCUT2D eigenvalue weighted by Crippen LogP contribution is -2.12. The van der Waals surface area contributed by atoms with Gasteiger partial charge in [-0.3, -0.25) is 0 Å². The van der Waals surface area contributed by atoms with Crippen molar-refractivity contribution < 1.29 is 8.78 Å². The van der Waals surface area contributed by atoms with Crippen LogP contribution in [-0.4, -0.2) is 6.26 Å². The van der Waals surface area contributed by atoms with Crippen LogP contribution in [0.5, 0.6) is 0 Å². The van der Waals surface area contributed by atoms with Gasteiger partial charge in [0, 0.05) is 23.3 Å². The number of rotatable bonds is 4. The third kappa shape index (κ3) is 3.21. The Hall–Kier alpha value is -1.08. The molecule has 0 fully saturated rings. The summed E-state index contributed by atoms with van der Waals surface area (Å²) in [6, 6.07) is 7.91. The molecule has 1 rings (SSSR count). The third-order valence-electron chi connectivity index (χ3n) is 2.06. The number of nitriles is 1. The summed E-state index contributed by atoms with van der Waals surface area (Å²) in [6.45, 7) is 0. The van der Waals surface area contributed by atoms with Crippen LogP contribution in [0.4, 0.5) is 8.78 Å². The summed E-state index contributed by atoms with van der Waals surface area (Å²) in [7, 11) is 0. The van der Waals surface area contributed by atoms with Crippen molar-refractivity contribution in [2.45, 2.75) is 23.7 Å². The van der Waals surface area contributed by atoms with E-state index in [0.29, 0.717) is 0 Å². The molecule has 0 aliphatic heterocycles. The van der Waals surface area contributed by atoms with Crippen molar-refractivity contribution in [1.29, 1.82) is 5.26 Å². The molecule has 0 bridgehead atoms. The minimum Gasteiger partial charge on any atom is -0.201 e. The molecular weight excluding hydrogens is 216 g/mol. The number of hydrogen-bond donors (Lipinski definition) is 0. The monoisotopic (exact) mass is 227 g/mol. The first-order chi connectivity index (χ1) is 7.10. The van der Waals surface area contributed by atoms with Crippen LogP contribution < -0.4 is 0 Å². The molecule has 1 aromatic rings. The molecule has 1 aromatic carbocycles. The van der Waals surface area contributed by atoms with Crippen LogP contribution in [0.15, 0.2) is 29.2 Å². The minimum absolute atomic E-state index is 0.0180. The zero-order chi connectivity index (χ0) is 11.3. The molecule has 0 amide bonds. The summed E-state index contributed by atoms with van der Waals surface area (Å²) < 4.78 is 26.8. The van der Waals surface area contributed by atoms with Gasteiger partial charge in [-0.15, -0.1) is 11.8 Å². The van der Waals surface area contributed by atoms with Gasteiger partial charge in [0.05, 0.1) is 6.07 Å². The van der Waals surface area contributed by atoms with Gasteiger partial charge in [0.25, 0.3) is 5.92 Å². The van der Waals surface area contributed by atoms with Crippen molar-refractivity contribution in [3.63, 3.8) is 0 Å². The molecule has 0 atom stereocenters. The first-order valence-corrected chi connectivity index (χ1v) is 5.72. The zero-order valence-electron chi connectivity index (χ0n) is 8.34. The van der Waals surface area contributed by atoms with E-state index in [9.17, 15) is 8.78 Å². The molecule has 0 radical (unpaired) electrons. The van der Waals surface area contributed by atoms with Gasteiger partial charge in [0.1, 0.15) is 0 Å². The van der Waals surface area contributed by atoms with Crippen molar-refractivity contribution in [3.05, 3.63) is 29.8 Å². The standard InChI is InChI=1S/C11H11F2NS/c1-15-10-5-3-9(4-6-10)11(12,13)7-2-8-14/h3-6H,2,7H2,1H3. The Morgan fingerprint density at radius 2 is 1.93 bits per heavy atom. The number of halogens is 2. The van der Waals surface area contributed by atoms with Crippen molar-refractivity contribution in [2.24, 2.45) is 0 Å². The highest BCUT2D eigenvalue weighted by atomic mass is 32.2. The molecule has 80 valence electrons. The van der Waals surface area contributed by atoms with Gasteiger partial charge in [-0.25, -0.2) is 8.78 Å². The lowest BCUT2D eigenvalue weighted by molar-refractivity contribution is -0.0120. The van der Waals surface area contributed by atoms with Crippen molar-refractivity contribution in [1.82, 2.24) is 0 Å². The predicted octanol–water partition coefficient (Wildman–Crippen LogP) is 3.80. The fraction of sp³-hybridized carbons (Fsp3) is 0.364. The average molecular weight is 227 g/mol. The second kappa shape index (κ2) is 5.13. The van der Waals surface area contributed by atoms with E-state index in [-0.39, 0.29) is 12.0 Å². The molecule has 0 saturated heterocycles. The van der Waals surface area contributed by atoms with Gasteiger partial charge >= 0.3 is 0 Å². The molecule has 0 aliphatic carbocycles. The summed E-state index contributed by atoms with van der Waals surface area (Å²) in [6.07, 6.45) is 1.35. The Kier molecular flexibility index (Phi) is 4.10. The van der Waals surface area contributed by atoms with E-state index in [1.165, 1.54) is 23.9 Å². The maximum Gasteiger partial charge on any atom is 0.274 e. The molecule has 4 heteroatoms. The van der Waals surface area contributed by atoms with Crippen LogP contribution in [0.3, 0.4) is 0 Å². The van der Waals surface area contributed by atoms with Gasteiger partial charge in [0.15, 0.2) is 0 Å². The van der Waals surface area contributed by atoms with Crippen LogP contribution in [-0.2, 0) is 5.92 Å². The summed E-state index contributed by atoms with van der Waals surface area (Å²) >= 11 is 1.51. The largest absolute Gasteiger partial charge is 0.274 e. The summed E-state index contributed by atoms with van der Waals surface area (Å²) in [5.74, 6) is -2.90. The molecule has 0 aliphatic rings. The van der Waals surface area contributed by atoms with E-state index in [2.05, 4.69) is 0 Å². The van der Waals surface area contributed by atoms with Crippen LogP contribution >= 0.6 is 11.8 Å². The van der Waals surface area contributed by atoms with Crippen LogP contribution in [0.1, 0.15) is 18.4 Å². The number of nitrogens with zero attached hydrogens (tertiary/aromatic N) is 1. The van der Waals surface area contributed by atoms with Gasteiger partial charge < -0.3 is 0 Å². The van der Waals surface area contributed by atoms with E-state index in [1.54, 1.807) is 18.2 Å². The maximum atomic E-state index is 13.4. The van der Waals surface area contributed by atoms with Gasteiger partial charge in [0.2, 0.25) is 0 Å². The quantitative estimate of drug-likeness (QED) is 0.730. The Morgan fingerprint density at radius 1 is 1.33 bits per heavy atom.